The molecule has 1 aliphatic heterocycles. The van der Waals surface area contributed by atoms with E-state index >= 15 is 0 Å². The topological polar surface area (TPSA) is 66.8 Å². The van der Waals surface area contributed by atoms with E-state index in [4.69, 9.17) is 4.74 Å². The number of imide groups is 1. The summed E-state index contributed by atoms with van der Waals surface area (Å²) in [6.07, 6.45) is 5.56. The van der Waals surface area contributed by atoms with E-state index < -0.39 is 18.1 Å². The summed E-state index contributed by atoms with van der Waals surface area (Å²) in [5.41, 5.74) is 0. The molecular weight excluding hydrogens is 270 g/mol. The fourth-order valence-corrected chi connectivity index (χ4v) is 3.53. The van der Waals surface area contributed by atoms with Gasteiger partial charge in [0.05, 0.1) is 18.1 Å². The van der Waals surface area contributed by atoms with E-state index in [-0.39, 0.29) is 18.6 Å². The standard InChI is InChI=1S/C16H27NO4/c1-3-6-14(18)13(9-12-7-4-5-8-12)15(19)17-11(2)10-21-16(17)20/h11-14,18H,3-10H2,1-2H3. The van der Waals surface area contributed by atoms with Crippen LogP contribution in [0.3, 0.4) is 0 Å². The summed E-state index contributed by atoms with van der Waals surface area (Å²) in [6.45, 7) is 4.05. The van der Waals surface area contributed by atoms with Crippen molar-refractivity contribution < 1.29 is 19.4 Å². The number of carbonyl (C=O) groups excluding carboxylic acids is 2. The molecule has 1 saturated carbocycles. The molecule has 0 bridgehead atoms. The summed E-state index contributed by atoms with van der Waals surface area (Å²) < 4.78 is 4.94. The van der Waals surface area contributed by atoms with Crippen LogP contribution in [0.1, 0.15) is 58.8 Å². The van der Waals surface area contributed by atoms with Crippen molar-refractivity contribution in [1.29, 1.82) is 0 Å². The molecule has 0 spiro atoms. The molecule has 3 atom stereocenters. The molecule has 1 N–H and O–H groups in total. The van der Waals surface area contributed by atoms with Crippen molar-refractivity contribution in [2.24, 2.45) is 11.8 Å². The monoisotopic (exact) mass is 297 g/mol. The minimum absolute atomic E-state index is 0.232. The first kappa shape index (κ1) is 16.3. The van der Waals surface area contributed by atoms with Crippen molar-refractivity contribution in [2.75, 3.05) is 6.61 Å². The molecule has 3 unspecified atom stereocenters. The second kappa shape index (κ2) is 7.25. The largest absolute Gasteiger partial charge is 0.447 e. The number of hydrogen-bond acceptors (Lipinski definition) is 4. The molecule has 0 aromatic rings. The molecular formula is C16H27NO4. The summed E-state index contributed by atoms with van der Waals surface area (Å²) in [5.74, 6) is -0.224. The Kier molecular flexibility index (Phi) is 5.62. The number of aliphatic hydroxyl groups is 1. The van der Waals surface area contributed by atoms with Crippen LogP contribution in [0.25, 0.3) is 0 Å². The normalized spacial score (nSPS) is 26.0. The fraction of sp³-hybridized carbons (Fsp3) is 0.875. The number of cyclic esters (lactones) is 1. The molecule has 2 fully saturated rings. The third kappa shape index (κ3) is 3.76. The predicted molar refractivity (Wildman–Crippen MR) is 78.6 cm³/mol. The Morgan fingerprint density at radius 2 is 2.10 bits per heavy atom. The van der Waals surface area contributed by atoms with Gasteiger partial charge in [-0.2, -0.15) is 0 Å². The third-order valence-electron chi connectivity index (χ3n) is 4.75. The van der Waals surface area contributed by atoms with E-state index in [2.05, 4.69) is 0 Å². The summed E-state index contributed by atoms with van der Waals surface area (Å²) >= 11 is 0. The van der Waals surface area contributed by atoms with Crippen molar-refractivity contribution in [3.8, 4) is 0 Å². The van der Waals surface area contributed by atoms with Gasteiger partial charge in [-0.3, -0.25) is 4.79 Å². The molecule has 1 heterocycles. The minimum Gasteiger partial charge on any atom is -0.447 e. The van der Waals surface area contributed by atoms with Gasteiger partial charge in [-0.25, -0.2) is 9.69 Å². The van der Waals surface area contributed by atoms with Crippen LogP contribution in [0.15, 0.2) is 0 Å². The van der Waals surface area contributed by atoms with E-state index in [1.807, 2.05) is 13.8 Å². The molecule has 5 heteroatoms. The molecule has 120 valence electrons. The van der Waals surface area contributed by atoms with Crippen molar-refractivity contribution in [2.45, 2.75) is 70.9 Å². The lowest BCUT2D eigenvalue weighted by Crippen LogP contribution is -2.45. The Balaban J connectivity index is 2.09. The number of amides is 2. The Morgan fingerprint density at radius 3 is 2.62 bits per heavy atom. The highest BCUT2D eigenvalue weighted by Crippen LogP contribution is 2.33. The predicted octanol–water partition coefficient (Wildman–Crippen LogP) is 2.71. The van der Waals surface area contributed by atoms with Gasteiger partial charge in [0.1, 0.15) is 6.61 Å². The number of aliphatic hydroxyl groups excluding tert-OH is 1. The summed E-state index contributed by atoms with van der Waals surface area (Å²) in [4.78, 5) is 25.7. The van der Waals surface area contributed by atoms with Gasteiger partial charge in [0.15, 0.2) is 0 Å². The van der Waals surface area contributed by atoms with Crippen molar-refractivity contribution in [3.63, 3.8) is 0 Å². The van der Waals surface area contributed by atoms with Gasteiger partial charge >= 0.3 is 6.09 Å². The quantitative estimate of drug-likeness (QED) is 0.818. The Bertz CT molecular complexity index is 378. The van der Waals surface area contributed by atoms with Crippen LogP contribution >= 0.6 is 0 Å². The highest BCUT2D eigenvalue weighted by Gasteiger charge is 2.41. The van der Waals surface area contributed by atoms with E-state index in [9.17, 15) is 14.7 Å². The van der Waals surface area contributed by atoms with Crippen molar-refractivity contribution >= 4 is 12.0 Å². The molecule has 2 amide bonds. The SMILES string of the molecule is CCCC(O)C(CC1CCCC1)C(=O)N1C(=O)OCC1C. The molecule has 2 rings (SSSR count). The van der Waals surface area contributed by atoms with Crippen LogP contribution in [0, 0.1) is 11.8 Å². The lowest BCUT2D eigenvalue weighted by molar-refractivity contribution is -0.138. The highest BCUT2D eigenvalue weighted by molar-refractivity contribution is 5.95. The van der Waals surface area contributed by atoms with E-state index in [0.29, 0.717) is 18.8 Å². The van der Waals surface area contributed by atoms with E-state index in [1.54, 1.807) is 0 Å². The van der Waals surface area contributed by atoms with Gasteiger partial charge in [0.25, 0.3) is 0 Å². The lowest BCUT2D eigenvalue weighted by Gasteiger charge is -2.28. The molecule has 0 aromatic heterocycles. The maximum atomic E-state index is 12.7. The van der Waals surface area contributed by atoms with Gasteiger partial charge in [0, 0.05) is 0 Å². The number of carbonyl (C=O) groups is 2. The molecule has 0 aromatic carbocycles. The molecule has 21 heavy (non-hydrogen) atoms. The number of ether oxygens (including phenoxy) is 1. The molecule has 5 nitrogen and oxygen atoms in total. The summed E-state index contributed by atoms with van der Waals surface area (Å²) in [7, 11) is 0. The number of nitrogens with zero attached hydrogens (tertiary/aromatic N) is 1. The van der Waals surface area contributed by atoms with Gasteiger partial charge in [0.2, 0.25) is 5.91 Å². The van der Waals surface area contributed by atoms with Crippen LogP contribution in [0.4, 0.5) is 4.79 Å². The lowest BCUT2D eigenvalue weighted by atomic mass is 9.86. The third-order valence-corrected chi connectivity index (χ3v) is 4.75. The Labute approximate surface area is 126 Å². The first-order valence-electron chi connectivity index (χ1n) is 8.22. The second-order valence-corrected chi connectivity index (χ2v) is 6.48. The second-order valence-electron chi connectivity index (χ2n) is 6.48. The van der Waals surface area contributed by atoms with Crippen LogP contribution in [-0.4, -0.2) is 40.8 Å². The average Bonchev–Trinajstić information content (AvgIpc) is 3.06. The fourth-order valence-electron chi connectivity index (χ4n) is 3.53. The zero-order valence-electron chi connectivity index (χ0n) is 13.1. The van der Waals surface area contributed by atoms with Crippen LogP contribution in [0.2, 0.25) is 0 Å². The zero-order valence-corrected chi connectivity index (χ0v) is 13.1. The van der Waals surface area contributed by atoms with Crippen molar-refractivity contribution in [3.05, 3.63) is 0 Å². The van der Waals surface area contributed by atoms with Gasteiger partial charge in [-0.1, -0.05) is 39.0 Å². The Morgan fingerprint density at radius 1 is 1.43 bits per heavy atom. The maximum Gasteiger partial charge on any atom is 0.416 e. The first-order valence-corrected chi connectivity index (χ1v) is 8.22. The van der Waals surface area contributed by atoms with Gasteiger partial charge < -0.3 is 9.84 Å². The molecule has 1 aliphatic carbocycles. The summed E-state index contributed by atoms with van der Waals surface area (Å²) in [5, 5.41) is 10.4. The smallest absolute Gasteiger partial charge is 0.416 e. The number of hydrogen-bond donors (Lipinski definition) is 1. The zero-order chi connectivity index (χ0) is 15.4. The van der Waals surface area contributed by atoms with Gasteiger partial charge in [-0.05, 0) is 25.7 Å². The first-order chi connectivity index (χ1) is 10.0. The van der Waals surface area contributed by atoms with Crippen LogP contribution in [-0.2, 0) is 9.53 Å². The number of rotatable bonds is 6. The Hall–Kier alpha value is -1.10. The maximum absolute atomic E-state index is 12.7. The van der Waals surface area contributed by atoms with Crippen LogP contribution < -0.4 is 0 Å². The van der Waals surface area contributed by atoms with Gasteiger partial charge in [-0.15, -0.1) is 0 Å². The van der Waals surface area contributed by atoms with E-state index in [1.165, 1.54) is 17.7 Å². The molecule has 0 radical (unpaired) electrons. The van der Waals surface area contributed by atoms with Crippen LogP contribution in [0.5, 0.6) is 0 Å². The van der Waals surface area contributed by atoms with Crippen molar-refractivity contribution in [1.82, 2.24) is 4.90 Å². The molecule has 1 saturated heterocycles. The average molecular weight is 297 g/mol. The summed E-state index contributed by atoms with van der Waals surface area (Å²) in [6, 6.07) is -0.232. The highest BCUT2D eigenvalue weighted by atomic mass is 16.6. The molecule has 2 aliphatic rings. The van der Waals surface area contributed by atoms with E-state index in [0.717, 1.165) is 19.3 Å². The minimum atomic E-state index is -0.663.